The number of carbonyl (C=O) groups excluding carboxylic acids is 1. The van der Waals surface area contributed by atoms with Gasteiger partial charge in [0.2, 0.25) is 0 Å². The van der Waals surface area contributed by atoms with Crippen LogP contribution < -0.4 is 16.4 Å². The van der Waals surface area contributed by atoms with Crippen molar-refractivity contribution in [2.24, 2.45) is 5.73 Å². The van der Waals surface area contributed by atoms with Crippen molar-refractivity contribution in [3.63, 3.8) is 0 Å². The molecule has 0 bridgehead atoms. The van der Waals surface area contributed by atoms with Crippen molar-refractivity contribution in [1.82, 2.24) is 4.98 Å². The van der Waals surface area contributed by atoms with Gasteiger partial charge in [-0.3, -0.25) is 4.79 Å². The first-order chi connectivity index (χ1) is 10.2. The Balaban J connectivity index is 2.21. The van der Waals surface area contributed by atoms with E-state index in [9.17, 15) is 9.90 Å². The molecule has 2 unspecified atom stereocenters. The summed E-state index contributed by atoms with van der Waals surface area (Å²) in [6, 6.07) is 1.96. The topological polar surface area (TPSA) is 100 Å². The molecule has 1 aromatic rings. The van der Waals surface area contributed by atoms with E-state index in [0.29, 0.717) is 23.5 Å². The minimum absolute atomic E-state index is 0.125. The first kappa shape index (κ1) is 16.5. The number of hydrogen-bond donors (Lipinski definition) is 4. The minimum atomic E-state index is -0.506. The van der Waals surface area contributed by atoms with Crippen LogP contribution in [0.4, 0.5) is 11.5 Å². The lowest BCUT2D eigenvalue weighted by atomic mass is 9.92. The maximum Gasteiger partial charge on any atom is 0.252 e. The Morgan fingerprint density at radius 3 is 2.73 bits per heavy atom. The van der Waals surface area contributed by atoms with Crippen LogP contribution in [-0.2, 0) is 0 Å². The Kier molecular flexibility index (Phi) is 4.90. The highest BCUT2D eigenvalue weighted by Gasteiger charge is 2.22. The number of primary amides is 1. The van der Waals surface area contributed by atoms with E-state index >= 15 is 0 Å². The third-order valence-electron chi connectivity index (χ3n) is 3.68. The van der Waals surface area contributed by atoms with Gasteiger partial charge < -0.3 is 21.5 Å². The molecular formula is C16H26N4O2. The average molecular weight is 306 g/mol. The number of nitrogens with zero attached hydrogens (tertiary/aromatic N) is 1. The van der Waals surface area contributed by atoms with Crippen LogP contribution in [0.5, 0.6) is 0 Å². The zero-order valence-corrected chi connectivity index (χ0v) is 13.5. The molecule has 1 saturated carbocycles. The van der Waals surface area contributed by atoms with Crippen LogP contribution >= 0.6 is 0 Å². The van der Waals surface area contributed by atoms with E-state index in [-0.39, 0.29) is 17.7 Å². The zero-order chi connectivity index (χ0) is 16.3. The van der Waals surface area contributed by atoms with Gasteiger partial charge in [-0.2, -0.15) is 0 Å². The van der Waals surface area contributed by atoms with Gasteiger partial charge in [-0.05, 0) is 46.5 Å². The van der Waals surface area contributed by atoms with Gasteiger partial charge in [0.25, 0.3) is 5.91 Å². The fourth-order valence-corrected chi connectivity index (χ4v) is 2.74. The number of aliphatic hydroxyl groups is 1. The quantitative estimate of drug-likeness (QED) is 0.682. The molecule has 0 radical (unpaired) electrons. The minimum Gasteiger partial charge on any atom is -0.393 e. The zero-order valence-electron chi connectivity index (χ0n) is 13.5. The van der Waals surface area contributed by atoms with Crippen LogP contribution in [0.3, 0.4) is 0 Å². The summed E-state index contributed by atoms with van der Waals surface area (Å²) in [6.07, 6.45) is 4.69. The molecule has 6 heteroatoms. The lowest BCUT2D eigenvalue weighted by Crippen LogP contribution is -2.31. The van der Waals surface area contributed by atoms with Gasteiger partial charge >= 0.3 is 0 Å². The van der Waals surface area contributed by atoms with Crippen molar-refractivity contribution in [3.8, 4) is 0 Å². The highest BCUT2D eigenvalue weighted by Crippen LogP contribution is 2.26. The van der Waals surface area contributed by atoms with E-state index in [4.69, 9.17) is 5.73 Å². The smallest absolute Gasteiger partial charge is 0.252 e. The number of pyridine rings is 1. The molecule has 0 aliphatic heterocycles. The standard InChI is InChI=1S/C16H26N4O2/c1-16(2,3)20-14-8-13(12(9-18-14)15(17)22)19-10-5-4-6-11(21)7-10/h8-11,21H,4-7H2,1-3H3,(H2,17,22)(H2,18,19,20). The van der Waals surface area contributed by atoms with Crippen LogP contribution in [-0.4, -0.2) is 33.7 Å². The van der Waals surface area contributed by atoms with Crippen molar-refractivity contribution in [3.05, 3.63) is 17.8 Å². The average Bonchev–Trinajstić information content (AvgIpc) is 2.36. The summed E-state index contributed by atoms with van der Waals surface area (Å²) < 4.78 is 0. The van der Waals surface area contributed by atoms with E-state index in [0.717, 1.165) is 19.3 Å². The van der Waals surface area contributed by atoms with Crippen molar-refractivity contribution >= 4 is 17.4 Å². The molecular weight excluding hydrogens is 280 g/mol. The monoisotopic (exact) mass is 306 g/mol. The maximum atomic E-state index is 11.6. The first-order valence-electron chi connectivity index (χ1n) is 7.77. The predicted octanol–water partition coefficient (Wildman–Crippen LogP) is 2.11. The first-order valence-corrected chi connectivity index (χ1v) is 7.77. The molecule has 122 valence electrons. The number of aromatic nitrogens is 1. The number of nitrogens with two attached hydrogens (primary N) is 1. The summed E-state index contributed by atoms with van der Waals surface area (Å²) in [6.45, 7) is 6.13. The van der Waals surface area contributed by atoms with Crippen LogP contribution in [0.25, 0.3) is 0 Å². The van der Waals surface area contributed by atoms with E-state index in [1.807, 2.05) is 26.8 Å². The van der Waals surface area contributed by atoms with E-state index in [1.54, 1.807) is 0 Å². The van der Waals surface area contributed by atoms with E-state index in [2.05, 4.69) is 15.6 Å². The number of hydrogen-bond acceptors (Lipinski definition) is 5. The number of carbonyl (C=O) groups is 1. The summed E-state index contributed by atoms with van der Waals surface area (Å²) in [5, 5.41) is 16.4. The number of rotatable bonds is 4. The largest absolute Gasteiger partial charge is 0.393 e. The SMILES string of the molecule is CC(C)(C)Nc1cc(NC2CCCC(O)C2)c(C(N)=O)cn1. The van der Waals surface area contributed by atoms with Gasteiger partial charge in [0.15, 0.2) is 0 Å². The molecule has 0 spiro atoms. The second kappa shape index (κ2) is 6.52. The highest BCUT2D eigenvalue weighted by molar-refractivity contribution is 5.98. The Morgan fingerprint density at radius 1 is 1.41 bits per heavy atom. The Labute approximate surface area is 131 Å². The molecule has 1 amide bonds. The normalized spacial score (nSPS) is 22.2. The van der Waals surface area contributed by atoms with Gasteiger partial charge in [-0.25, -0.2) is 4.98 Å². The van der Waals surface area contributed by atoms with Gasteiger partial charge in [0.05, 0.1) is 17.4 Å². The second-order valence-corrected chi connectivity index (χ2v) is 7.02. The Hall–Kier alpha value is -1.82. The molecule has 1 aliphatic rings. The summed E-state index contributed by atoms with van der Waals surface area (Å²) >= 11 is 0. The van der Waals surface area contributed by atoms with E-state index in [1.165, 1.54) is 6.20 Å². The van der Waals surface area contributed by atoms with Crippen LogP contribution in [0.2, 0.25) is 0 Å². The van der Waals surface area contributed by atoms with Gasteiger partial charge in [0, 0.05) is 23.8 Å². The Bertz CT molecular complexity index is 539. The number of nitrogens with one attached hydrogen (secondary N) is 2. The number of aliphatic hydroxyl groups excluding tert-OH is 1. The van der Waals surface area contributed by atoms with Crippen molar-refractivity contribution in [2.75, 3.05) is 10.6 Å². The fraction of sp³-hybridized carbons (Fsp3) is 0.625. The Morgan fingerprint density at radius 2 is 2.14 bits per heavy atom. The molecule has 1 aromatic heterocycles. The summed E-state index contributed by atoms with van der Waals surface area (Å²) in [5.74, 6) is 0.185. The molecule has 22 heavy (non-hydrogen) atoms. The van der Waals surface area contributed by atoms with Crippen LogP contribution in [0.15, 0.2) is 12.3 Å². The van der Waals surface area contributed by atoms with Crippen molar-refractivity contribution in [1.29, 1.82) is 0 Å². The molecule has 1 heterocycles. The molecule has 2 rings (SSSR count). The lowest BCUT2D eigenvalue weighted by Gasteiger charge is -2.28. The molecule has 6 nitrogen and oxygen atoms in total. The molecule has 1 aliphatic carbocycles. The van der Waals surface area contributed by atoms with Crippen LogP contribution in [0.1, 0.15) is 56.8 Å². The maximum absolute atomic E-state index is 11.6. The van der Waals surface area contributed by atoms with Gasteiger partial charge in [-0.15, -0.1) is 0 Å². The molecule has 5 N–H and O–H groups in total. The number of amides is 1. The second-order valence-electron chi connectivity index (χ2n) is 7.02. The third-order valence-corrected chi connectivity index (χ3v) is 3.68. The van der Waals surface area contributed by atoms with Crippen molar-refractivity contribution in [2.45, 2.75) is 64.1 Å². The predicted molar refractivity (Wildman–Crippen MR) is 88.0 cm³/mol. The van der Waals surface area contributed by atoms with Crippen LogP contribution in [0, 0.1) is 0 Å². The summed E-state index contributed by atoms with van der Waals surface area (Å²) in [4.78, 5) is 15.8. The molecule has 1 fully saturated rings. The lowest BCUT2D eigenvalue weighted by molar-refractivity contribution is 0.100. The molecule has 0 aromatic carbocycles. The fourth-order valence-electron chi connectivity index (χ4n) is 2.74. The molecule has 0 saturated heterocycles. The molecule has 2 atom stereocenters. The third kappa shape index (κ3) is 4.59. The highest BCUT2D eigenvalue weighted by atomic mass is 16.3. The number of anilines is 2. The van der Waals surface area contributed by atoms with E-state index < -0.39 is 5.91 Å². The summed E-state index contributed by atoms with van der Waals surface area (Å²) in [5.41, 5.74) is 6.36. The van der Waals surface area contributed by atoms with Crippen molar-refractivity contribution < 1.29 is 9.90 Å². The summed E-state index contributed by atoms with van der Waals surface area (Å²) in [7, 11) is 0. The van der Waals surface area contributed by atoms with Gasteiger partial charge in [-0.1, -0.05) is 0 Å². The van der Waals surface area contributed by atoms with Gasteiger partial charge in [0.1, 0.15) is 5.82 Å².